The predicted molar refractivity (Wildman–Crippen MR) is 87.1 cm³/mol. The topological polar surface area (TPSA) is 84.5 Å². The van der Waals surface area contributed by atoms with Gasteiger partial charge in [-0.15, -0.1) is 0 Å². The van der Waals surface area contributed by atoms with Crippen LogP contribution in [-0.2, 0) is 14.8 Å². The van der Waals surface area contributed by atoms with Gasteiger partial charge < -0.3 is 10.1 Å². The number of ether oxygens (including phenoxy) is 1. The molecule has 2 N–H and O–H groups in total. The molecular formula is C16H16N2O4S. The SMILES string of the molecule is Cc1ccc(S(=O)(=O)Nc2ccc3c(c2)NC(=O)C(C)O3)cc1. The lowest BCUT2D eigenvalue weighted by molar-refractivity contribution is -0.122. The highest BCUT2D eigenvalue weighted by Crippen LogP contribution is 2.32. The molecule has 0 aliphatic carbocycles. The molecule has 0 aromatic heterocycles. The highest BCUT2D eigenvalue weighted by atomic mass is 32.2. The van der Waals surface area contributed by atoms with Crippen LogP contribution in [-0.4, -0.2) is 20.4 Å². The van der Waals surface area contributed by atoms with Crippen molar-refractivity contribution in [3.63, 3.8) is 0 Å². The van der Waals surface area contributed by atoms with Crippen LogP contribution in [0.4, 0.5) is 11.4 Å². The minimum atomic E-state index is -3.68. The van der Waals surface area contributed by atoms with E-state index in [1.807, 2.05) is 6.92 Å². The molecule has 1 aliphatic rings. The van der Waals surface area contributed by atoms with Gasteiger partial charge in [0.15, 0.2) is 6.10 Å². The summed E-state index contributed by atoms with van der Waals surface area (Å²) in [5, 5.41) is 2.68. The van der Waals surface area contributed by atoms with Gasteiger partial charge in [0.05, 0.1) is 16.3 Å². The van der Waals surface area contributed by atoms with Gasteiger partial charge in [-0.25, -0.2) is 8.42 Å². The van der Waals surface area contributed by atoms with Crippen molar-refractivity contribution in [2.45, 2.75) is 24.8 Å². The van der Waals surface area contributed by atoms with Gasteiger partial charge in [0.2, 0.25) is 0 Å². The van der Waals surface area contributed by atoms with Crippen LogP contribution in [0.2, 0.25) is 0 Å². The van der Waals surface area contributed by atoms with Crippen LogP contribution in [0.5, 0.6) is 5.75 Å². The third-order valence-corrected chi connectivity index (χ3v) is 4.89. The van der Waals surface area contributed by atoms with Gasteiger partial charge in [0, 0.05) is 0 Å². The molecule has 1 amide bonds. The summed E-state index contributed by atoms with van der Waals surface area (Å²) in [7, 11) is -3.68. The van der Waals surface area contributed by atoms with Gasteiger partial charge >= 0.3 is 0 Å². The number of aryl methyl sites for hydroxylation is 1. The highest BCUT2D eigenvalue weighted by Gasteiger charge is 2.24. The number of nitrogens with one attached hydrogen (secondary N) is 2. The Bertz CT molecular complexity index is 860. The number of hydrogen-bond acceptors (Lipinski definition) is 4. The fourth-order valence-corrected chi connectivity index (χ4v) is 3.25. The Labute approximate surface area is 134 Å². The molecule has 6 nitrogen and oxygen atoms in total. The number of sulfonamides is 1. The zero-order chi connectivity index (χ0) is 16.6. The van der Waals surface area contributed by atoms with E-state index in [0.29, 0.717) is 17.1 Å². The summed E-state index contributed by atoms with van der Waals surface area (Å²) >= 11 is 0. The first-order valence-electron chi connectivity index (χ1n) is 7.06. The van der Waals surface area contributed by atoms with Gasteiger partial charge in [-0.05, 0) is 44.2 Å². The van der Waals surface area contributed by atoms with E-state index >= 15 is 0 Å². The van der Waals surface area contributed by atoms with E-state index < -0.39 is 16.1 Å². The molecule has 1 aliphatic heterocycles. The average Bonchev–Trinajstić information content (AvgIpc) is 2.49. The van der Waals surface area contributed by atoms with Crippen molar-refractivity contribution in [3.8, 4) is 5.75 Å². The Morgan fingerprint density at radius 1 is 1.13 bits per heavy atom. The summed E-state index contributed by atoms with van der Waals surface area (Å²) in [5.41, 5.74) is 1.77. The molecule has 1 unspecified atom stereocenters. The third-order valence-electron chi connectivity index (χ3n) is 3.49. The normalized spacial score (nSPS) is 17.0. The zero-order valence-electron chi connectivity index (χ0n) is 12.7. The molecule has 7 heteroatoms. The molecule has 0 radical (unpaired) electrons. The maximum absolute atomic E-state index is 12.4. The lowest BCUT2D eigenvalue weighted by Crippen LogP contribution is -2.34. The molecule has 3 rings (SSSR count). The molecule has 23 heavy (non-hydrogen) atoms. The van der Waals surface area contributed by atoms with Gasteiger partial charge in [0.25, 0.3) is 15.9 Å². The Morgan fingerprint density at radius 2 is 1.83 bits per heavy atom. The second-order valence-electron chi connectivity index (χ2n) is 5.38. The third kappa shape index (κ3) is 3.14. The van der Waals surface area contributed by atoms with Crippen LogP contribution < -0.4 is 14.8 Å². The lowest BCUT2D eigenvalue weighted by Gasteiger charge is -2.23. The molecule has 0 saturated heterocycles. The standard InChI is InChI=1S/C16H16N2O4S/c1-10-3-6-13(7-4-10)23(20,21)18-12-5-8-15-14(9-12)17-16(19)11(2)22-15/h3-9,11,18H,1-2H3,(H,17,19). The minimum absolute atomic E-state index is 0.176. The maximum Gasteiger partial charge on any atom is 0.265 e. The molecule has 1 atom stereocenters. The Balaban J connectivity index is 1.87. The van der Waals surface area contributed by atoms with Crippen LogP contribution in [0.15, 0.2) is 47.4 Å². The molecule has 0 spiro atoms. The predicted octanol–water partition coefficient (Wildman–Crippen LogP) is 2.52. The quantitative estimate of drug-likeness (QED) is 0.904. The van der Waals surface area contributed by atoms with E-state index in [9.17, 15) is 13.2 Å². The van der Waals surface area contributed by atoms with Crippen LogP contribution >= 0.6 is 0 Å². The number of carbonyl (C=O) groups excluding carboxylic acids is 1. The molecule has 2 aromatic rings. The van der Waals surface area contributed by atoms with Crippen molar-refractivity contribution < 1.29 is 17.9 Å². The number of carbonyl (C=O) groups is 1. The number of amides is 1. The molecule has 120 valence electrons. The lowest BCUT2D eigenvalue weighted by atomic mass is 10.2. The molecule has 0 fully saturated rings. The molecule has 1 heterocycles. The molecule has 2 aromatic carbocycles. The van der Waals surface area contributed by atoms with Crippen molar-refractivity contribution in [1.29, 1.82) is 0 Å². The zero-order valence-corrected chi connectivity index (χ0v) is 13.5. The Kier molecular flexibility index (Phi) is 3.73. The molecule has 0 bridgehead atoms. The van der Waals surface area contributed by atoms with Crippen LogP contribution in [0.3, 0.4) is 0 Å². The monoisotopic (exact) mass is 332 g/mol. The first kappa shape index (κ1) is 15.4. The number of hydrogen-bond donors (Lipinski definition) is 2. The fourth-order valence-electron chi connectivity index (χ4n) is 2.20. The highest BCUT2D eigenvalue weighted by molar-refractivity contribution is 7.92. The Hall–Kier alpha value is -2.54. The second-order valence-corrected chi connectivity index (χ2v) is 7.06. The van der Waals surface area contributed by atoms with Crippen molar-refractivity contribution in [2.24, 2.45) is 0 Å². The Morgan fingerprint density at radius 3 is 2.52 bits per heavy atom. The van der Waals surface area contributed by atoms with E-state index in [0.717, 1.165) is 5.56 Å². The molecular weight excluding hydrogens is 316 g/mol. The van der Waals surface area contributed by atoms with Gasteiger partial charge in [-0.1, -0.05) is 17.7 Å². The van der Waals surface area contributed by atoms with Gasteiger partial charge in [0.1, 0.15) is 5.75 Å². The van der Waals surface area contributed by atoms with Crippen molar-refractivity contribution in [3.05, 3.63) is 48.0 Å². The van der Waals surface area contributed by atoms with Crippen molar-refractivity contribution in [1.82, 2.24) is 0 Å². The number of fused-ring (bicyclic) bond motifs is 1. The number of benzene rings is 2. The largest absolute Gasteiger partial charge is 0.479 e. The first-order valence-corrected chi connectivity index (χ1v) is 8.54. The van der Waals surface area contributed by atoms with E-state index in [-0.39, 0.29) is 10.8 Å². The summed E-state index contributed by atoms with van der Waals surface area (Å²) in [6, 6.07) is 11.3. The fraction of sp³-hybridized carbons (Fsp3) is 0.188. The smallest absolute Gasteiger partial charge is 0.265 e. The summed E-state index contributed by atoms with van der Waals surface area (Å²) in [6.45, 7) is 3.53. The van der Waals surface area contributed by atoms with Gasteiger partial charge in [-0.2, -0.15) is 0 Å². The van der Waals surface area contributed by atoms with Crippen LogP contribution in [0, 0.1) is 6.92 Å². The average molecular weight is 332 g/mol. The van der Waals surface area contributed by atoms with E-state index in [4.69, 9.17) is 4.74 Å². The van der Waals surface area contributed by atoms with E-state index in [2.05, 4.69) is 10.0 Å². The molecule has 0 saturated carbocycles. The number of anilines is 2. The summed E-state index contributed by atoms with van der Waals surface area (Å²) in [6.07, 6.45) is -0.572. The summed E-state index contributed by atoms with van der Waals surface area (Å²) in [4.78, 5) is 11.8. The summed E-state index contributed by atoms with van der Waals surface area (Å²) < 4.78 is 32.7. The van der Waals surface area contributed by atoms with Crippen molar-refractivity contribution in [2.75, 3.05) is 10.0 Å². The van der Waals surface area contributed by atoms with Crippen LogP contribution in [0.1, 0.15) is 12.5 Å². The van der Waals surface area contributed by atoms with Crippen molar-refractivity contribution >= 4 is 27.3 Å². The second kappa shape index (κ2) is 5.58. The number of rotatable bonds is 3. The van der Waals surface area contributed by atoms with Gasteiger partial charge in [-0.3, -0.25) is 9.52 Å². The maximum atomic E-state index is 12.4. The van der Waals surface area contributed by atoms with E-state index in [1.54, 1.807) is 43.3 Å². The van der Waals surface area contributed by atoms with E-state index in [1.165, 1.54) is 6.07 Å². The minimum Gasteiger partial charge on any atom is -0.479 e. The first-order chi connectivity index (χ1) is 10.8. The summed E-state index contributed by atoms with van der Waals surface area (Å²) in [5.74, 6) is 0.242. The van der Waals surface area contributed by atoms with Crippen LogP contribution in [0.25, 0.3) is 0 Å².